The molecule has 5 nitrogen and oxygen atoms in total. The summed E-state index contributed by atoms with van der Waals surface area (Å²) >= 11 is 0. The predicted octanol–water partition coefficient (Wildman–Crippen LogP) is 2.91. The fourth-order valence-corrected chi connectivity index (χ4v) is 1.99. The van der Waals surface area contributed by atoms with Crippen molar-refractivity contribution in [2.45, 2.75) is 6.42 Å². The lowest BCUT2D eigenvalue weighted by molar-refractivity contribution is 0.244. The maximum atomic E-state index is 11.7. The number of nitrogens with one attached hydrogen (secondary N) is 2. The molecule has 2 aromatic carbocycles. The molecule has 0 saturated heterocycles. The lowest BCUT2D eigenvalue weighted by atomic mass is 10.1. The van der Waals surface area contributed by atoms with Crippen molar-refractivity contribution in [3.63, 3.8) is 0 Å². The normalized spacial score (nSPS) is 10.5. The number of rotatable bonds is 6. The van der Waals surface area contributed by atoms with E-state index in [9.17, 15) is 9.90 Å². The van der Waals surface area contributed by atoms with E-state index in [2.05, 4.69) is 10.6 Å². The molecule has 120 valence electrons. The van der Waals surface area contributed by atoms with E-state index < -0.39 is 0 Å². The average molecular weight is 312 g/mol. The highest BCUT2D eigenvalue weighted by Gasteiger charge is 1.98. The summed E-state index contributed by atoms with van der Waals surface area (Å²) in [4.78, 5) is 11.7. The van der Waals surface area contributed by atoms with Gasteiger partial charge in [-0.05, 0) is 47.9 Å². The van der Waals surface area contributed by atoms with E-state index in [0.717, 1.165) is 16.9 Å². The van der Waals surface area contributed by atoms with Crippen LogP contribution in [0.4, 0.5) is 4.79 Å². The number of hydrogen-bond acceptors (Lipinski definition) is 3. The number of amides is 2. The first kappa shape index (κ1) is 16.4. The fourth-order valence-electron chi connectivity index (χ4n) is 1.99. The molecular weight excluding hydrogens is 292 g/mol. The minimum Gasteiger partial charge on any atom is -0.508 e. The monoisotopic (exact) mass is 312 g/mol. The van der Waals surface area contributed by atoms with Crippen LogP contribution in [0.25, 0.3) is 6.08 Å². The average Bonchev–Trinajstić information content (AvgIpc) is 2.57. The van der Waals surface area contributed by atoms with E-state index in [0.29, 0.717) is 13.0 Å². The Morgan fingerprint density at radius 2 is 2.00 bits per heavy atom. The highest BCUT2D eigenvalue weighted by Crippen LogP contribution is 2.13. The molecule has 3 N–H and O–H groups in total. The summed E-state index contributed by atoms with van der Waals surface area (Å²) in [7, 11) is 1.61. The van der Waals surface area contributed by atoms with Crippen molar-refractivity contribution in [1.29, 1.82) is 0 Å². The second-order valence-electron chi connectivity index (χ2n) is 4.93. The van der Waals surface area contributed by atoms with Crippen LogP contribution < -0.4 is 15.4 Å². The van der Waals surface area contributed by atoms with Crippen molar-refractivity contribution < 1.29 is 14.6 Å². The largest absolute Gasteiger partial charge is 0.508 e. The number of carbonyl (C=O) groups is 1. The third kappa shape index (κ3) is 5.74. The van der Waals surface area contributed by atoms with Gasteiger partial charge in [0.2, 0.25) is 0 Å². The Morgan fingerprint density at radius 1 is 1.22 bits per heavy atom. The number of aromatic hydroxyl groups is 1. The van der Waals surface area contributed by atoms with Gasteiger partial charge in [0.25, 0.3) is 0 Å². The van der Waals surface area contributed by atoms with Crippen LogP contribution in [0.2, 0.25) is 0 Å². The Bertz CT molecular complexity index is 666. The highest BCUT2D eigenvalue weighted by molar-refractivity contribution is 5.75. The summed E-state index contributed by atoms with van der Waals surface area (Å²) in [5.74, 6) is 1.01. The molecule has 0 unspecified atom stereocenters. The zero-order chi connectivity index (χ0) is 16.5. The van der Waals surface area contributed by atoms with E-state index in [1.165, 1.54) is 0 Å². The molecule has 0 aromatic heterocycles. The van der Waals surface area contributed by atoms with E-state index >= 15 is 0 Å². The predicted molar refractivity (Wildman–Crippen MR) is 90.4 cm³/mol. The van der Waals surface area contributed by atoms with E-state index in [1.54, 1.807) is 31.5 Å². The molecule has 2 rings (SSSR count). The molecule has 0 fully saturated rings. The van der Waals surface area contributed by atoms with Gasteiger partial charge in [0, 0.05) is 12.7 Å². The van der Waals surface area contributed by atoms with Crippen LogP contribution in [0.3, 0.4) is 0 Å². The van der Waals surface area contributed by atoms with Crippen molar-refractivity contribution in [3.8, 4) is 11.5 Å². The van der Waals surface area contributed by atoms with Gasteiger partial charge >= 0.3 is 6.03 Å². The topological polar surface area (TPSA) is 70.6 Å². The summed E-state index contributed by atoms with van der Waals surface area (Å²) in [6.07, 6.45) is 4.08. The standard InChI is InChI=1S/C18H20N2O3/c1-23-17-4-2-3-15(13-17)10-12-20-18(22)19-11-9-14-5-7-16(21)8-6-14/h2-8,10,12-13,21H,9,11H2,1H3,(H2,19,20,22)/b12-10+. The Hall–Kier alpha value is -2.95. The van der Waals surface area contributed by atoms with E-state index in [-0.39, 0.29) is 11.8 Å². The number of carbonyl (C=O) groups excluding carboxylic acids is 1. The lowest BCUT2D eigenvalue weighted by Gasteiger charge is -2.05. The molecule has 0 atom stereocenters. The summed E-state index contributed by atoms with van der Waals surface area (Å²) < 4.78 is 5.14. The summed E-state index contributed by atoms with van der Waals surface area (Å²) in [5, 5.41) is 14.6. The molecular formula is C18H20N2O3. The number of methoxy groups -OCH3 is 1. The van der Waals surface area contributed by atoms with Gasteiger partial charge in [-0.25, -0.2) is 4.79 Å². The van der Waals surface area contributed by atoms with Crippen LogP contribution in [0.5, 0.6) is 11.5 Å². The molecule has 2 amide bonds. The molecule has 0 saturated carbocycles. The third-order valence-corrected chi connectivity index (χ3v) is 3.22. The SMILES string of the molecule is COc1cccc(/C=C/NC(=O)NCCc2ccc(O)cc2)c1. The molecule has 2 aromatic rings. The summed E-state index contributed by atoms with van der Waals surface area (Å²) in [6, 6.07) is 14.2. The van der Waals surface area contributed by atoms with E-state index in [1.807, 2.05) is 36.4 Å². The molecule has 0 bridgehead atoms. The van der Waals surface area contributed by atoms with Crippen LogP contribution in [0.15, 0.2) is 54.7 Å². The number of phenols is 1. The molecule has 0 spiro atoms. The molecule has 23 heavy (non-hydrogen) atoms. The van der Waals surface area contributed by atoms with Crippen LogP contribution in [0.1, 0.15) is 11.1 Å². The van der Waals surface area contributed by atoms with Gasteiger partial charge in [-0.3, -0.25) is 0 Å². The lowest BCUT2D eigenvalue weighted by Crippen LogP contribution is -2.33. The smallest absolute Gasteiger partial charge is 0.318 e. The first-order valence-electron chi connectivity index (χ1n) is 7.30. The van der Waals surface area contributed by atoms with Crippen LogP contribution in [-0.2, 0) is 6.42 Å². The van der Waals surface area contributed by atoms with E-state index in [4.69, 9.17) is 4.74 Å². The molecule has 5 heteroatoms. The summed E-state index contributed by atoms with van der Waals surface area (Å²) in [6.45, 7) is 0.517. The quantitative estimate of drug-likeness (QED) is 0.768. The van der Waals surface area contributed by atoms with Crippen molar-refractivity contribution in [3.05, 3.63) is 65.9 Å². The highest BCUT2D eigenvalue weighted by atomic mass is 16.5. The van der Waals surface area contributed by atoms with Gasteiger partial charge < -0.3 is 20.5 Å². The van der Waals surface area contributed by atoms with Gasteiger partial charge in [-0.2, -0.15) is 0 Å². The van der Waals surface area contributed by atoms with Crippen LogP contribution >= 0.6 is 0 Å². The Balaban J connectivity index is 1.72. The number of hydrogen-bond donors (Lipinski definition) is 3. The first-order valence-corrected chi connectivity index (χ1v) is 7.30. The Morgan fingerprint density at radius 3 is 2.74 bits per heavy atom. The van der Waals surface area contributed by atoms with Crippen LogP contribution in [-0.4, -0.2) is 24.8 Å². The molecule has 0 aliphatic rings. The molecule has 0 heterocycles. The van der Waals surface area contributed by atoms with Crippen molar-refractivity contribution in [2.24, 2.45) is 0 Å². The van der Waals surface area contributed by atoms with Gasteiger partial charge in [0.15, 0.2) is 0 Å². The minimum absolute atomic E-state index is 0.238. The summed E-state index contributed by atoms with van der Waals surface area (Å²) in [5.41, 5.74) is 1.99. The minimum atomic E-state index is -0.261. The van der Waals surface area contributed by atoms with Gasteiger partial charge in [0.05, 0.1) is 7.11 Å². The second-order valence-corrected chi connectivity index (χ2v) is 4.93. The number of urea groups is 1. The van der Waals surface area contributed by atoms with Crippen molar-refractivity contribution in [2.75, 3.05) is 13.7 Å². The van der Waals surface area contributed by atoms with Crippen molar-refractivity contribution in [1.82, 2.24) is 10.6 Å². The molecule has 0 radical (unpaired) electrons. The van der Waals surface area contributed by atoms with Crippen LogP contribution in [0, 0.1) is 0 Å². The second kappa shape index (κ2) is 8.48. The number of benzene rings is 2. The van der Waals surface area contributed by atoms with Crippen molar-refractivity contribution >= 4 is 12.1 Å². The zero-order valence-electron chi connectivity index (χ0n) is 13.0. The Kier molecular flexibility index (Phi) is 6.06. The number of ether oxygens (including phenoxy) is 1. The molecule has 0 aliphatic carbocycles. The van der Waals surface area contributed by atoms with Gasteiger partial charge in [0.1, 0.15) is 11.5 Å². The zero-order valence-corrected chi connectivity index (χ0v) is 13.0. The van der Waals surface area contributed by atoms with Gasteiger partial charge in [-0.15, -0.1) is 0 Å². The maximum Gasteiger partial charge on any atom is 0.318 e. The number of phenolic OH excluding ortho intramolecular Hbond substituents is 1. The third-order valence-electron chi connectivity index (χ3n) is 3.22. The van der Waals surface area contributed by atoms with Gasteiger partial charge in [-0.1, -0.05) is 24.3 Å². The molecule has 0 aliphatic heterocycles. The maximum absolute atomic E-state index is 11.7. The fraction of sp³-hybridized carbons (Fsp3) is 0.167. The Labute approximate surface area is 135 Å². The first-order chi connectivity index (χ1) is 11.2.